The van der Waals surface area contributed by atoms with Crippen molar-refractivity contribution in [2.45, 2.75) is 37.9 Å². The van der Waals surface area contributed by atoms with Crippen molar-refractivity contribution in [1.82, 2.24) is 24.6 Å². The average molecular weight is 353 g/mol. The monoisotopic (exact) mass is 353 g/mol. The van der Waals surface area contributed by atoms with Crippen molar-refractivity contribution >= 4 is 23.8 Å². The molecule has 0 radical (unpaired) electrons. The first-order chi connectivity index (χ1) is 11.6. The van der Waals surface area contributed by atoms with Crippen LogP contribution in [-0.2, 0) is 9.53 Å². The molecule has 0 atom stereocenters. The highest BCUT2D eigenvalue weighted by molar-refractivity contribution is 7.99. The fraction of sp³-hybridized carbons (Fsp3) is 0.733. The van der Waals surface area contributed by atoms with Gasteiger partial charge in [0.2, 0.25) is 5.91 Å². The fourth-order valence-corrected chi connectivity index (χ4v) is 3.73. The molecule has 24 heavy (non-hydrogen) atoms. The van der Waals surface area contributed by atoms with Gasteiger partial charge in [-0.25, -0.2) is 4.79 Å². The zero-order valence-electron chi connectivity index (χ0n) is 14.1. The third kappa shape index (κ3) is 3.82. The smallest absolute Gasteiger partial charge is 0.409 e. The number of nitrogens with zero attached hydrogens (tertiary/aromatic N) is 5. The molecule has 1 aromatic rings. The summed E-state index contributed by atoms with van der Waals surface area (Å²) in [5.41, 5.74) is 0. The standard InChI is InChI=1S/C15H23N5O3S/c1-3-23-15(22)19-8-6-18(7-9-19)13(21)10-24-14-17-16-11(2)20(14)12-4-5-12/h12H,3-10H2,1-2H3. The number of piperazine rings is 1. The van der Waals surface area contributed by atoms with E-state index in [0.717, 1.165) is 23.8 Å². The Morgan fingerprint density at radius 3 is 2.46 bits per heavy atom. The van der Waals surface area contributed by atoms with E-state index in [1.807, 2.05) is 6.92 Å². The number of rotatable bonds is 5. The summed E-state index contributed by atoms with van der Waals surface area (Å²) in [6.45, 7) is 6.25. The molecule has 1 aliphatic carbocycles. The number of carbonyl (C=O) groups is 2. The molecule has 2 fully saturated rings. The van der Waals surface area contributed by atoms with Gasteiger partial charge in [-0.3, -0.25) is 4.79 Å². The molecule has 0 spiro atoms. The van der Waals surface area contributed by atoms with Gasteiger partial charge in [-0.05, 0) is 26.7 Å². The second-order valence-electron chi connectivity index (χ2n) is 5.99. The van der Waals surface area contributed by atoms with E-state index in [9.17, 15) is 9.59 Å². The van der Waals surface area contributed by atoms with E-state index < -0.39 is 0 Å². The molecule has 8 nitrogen and oxygen atoms in total. The van der Waals surface area contributed by atoms with E-state index in [0.29, 0.717) is 44.6 Å². The molecule has 0 unspecified atom stereocenters. The predicted octanol–water partition coefficient (Wildman–Crippen LogP) is 1.31. The summed E-state index contributed by atoms with van der Waals surface area (Å²) in [5.74, 6) is 1.34. The molecule has 1 aliphatic heterocycles. The first-order valence-electron chi connectivity index (χ1n) is 8.34. The van der Waals surface area contributed by atoms with Crippen molar-refractivity contribution in [3.8, 4) is 0 Å². The van der Waals surface area contributed by atoms with Crippen LogP contribution >= 0.6 is 11.8 Å². The van der Waals surface area contributed by atoms with Crippen LogP contribution in [0.3, 0.4) is 0 Å². The summed E-state index contributed by atoms with van der Waals surface area (Å²) in [7, 11) is 0. The highest BCUT2D eigenvalue weighted by atomic mass is 32.2. The third-order valence-corrected chi connectivity index (χ3v) is 5.16. The predicted molar refractivity (Wildman–Crippen MR) is 88.9 cm³/mol. The SMILES string of the molecule is CCOC(=O)N1CCN(C(=O)CSc2nnc(C)n2C2CC2)CC1. The van der Waals surface area contributed by atoms with Crippen molar-refractivity contribution in [3.05, 3.63) is 5.82 Å². The second kappa shape index (κ2) is 7.42. The molecule has 132 valence electrons. The summed E-state index contributed by atoms with van der Waals surface area (Å²) in [6, 6.07) is 0.505. The number of hydrogen-bond acceptors (Lipinski definition) is 6. The summed E-state index contributed by atoms with van der Waals surface area (Å²) >= 11 is 1.45. The van der Waals surface area contributed by atoms with Crippen LogP contribution in [0.5, 0.6) is 0 Å². The summed E-state index contributed by atoms with van der Waals surface area (Å²) in [4.78, 5) is 27.5. The van der Waals surface area contributed by atoms with Gasteiger partial charge in [-0.1, -0.05) is 11.8 Å². The minimum Gasteiger partial charge on any atom is -0.450 e. The van der Waals surface area contributed by atoms with Gasteiger partial charge >= 0.3 is 6.09 Å². The van der Waals surface area contributed by atoms with E-state index in [1.165, 1.54) is 11.8 Å². The molecule has 0 N–H and O–H groups in total. The van der Waals surface area contributed by atoms with Gasteiger partial charge in [0.1, 0.15) is 5.82 Å². The van der Waals surface area contributed by atoms with E-state index >= 15 is 0 Å². The normalized spacial score (nSPS) is 17.9. The molecule has 2 heterocycles. The Balaban J connectivity index is 1.47. The Morgan fingerprint density at radius 2 is 1.83 bits per heavy atom. The van der Waals surface area contributed by atoms with Gasteiger partial charge < -0.3 is 19.1 Å². The largest absolute Gasteiger partial charge is 0.450 e. The van der Waals surface area contributed by atoms with Gasteiger partial charge in [0, 0.05) is 32.2 Å². The van der Waals surface area contributed by atoms with Crippen LogP contribution in [0.1, 0.15) is 31.6 Å². The Bertz CT molecular complexity index is 608. The lowest BCUT2D eigenvalue weighted by molar-refractivity contribution is -0.129. The fourth-order valence-electron chi connectivity index (χ4n) is 2.77. The minimum atomic E-state index is -0.299. The summed E-state index contributed by atoms with van der Waals surface area (Å²) < 4.78 is 7.12. The second-order valence-corrected chi connectivity index (χ2v) is 6.93. The number of carbonyl (C=O) groups excluding carboxylic acids is 2. The lowest BCUT2D eigenvalue weighted by Crippen LogP contribution is -2.51. The highest BCUT2D eigenvalue weighted by Crippen LogP contribution is 2.38. The molecule has 2 aliphatic rings. The van der Waals surface area contributed by atoms with Crippen molar-refractivity contribution < 1.29 is 14.3 Å². The van der Waals surface area contributed by atoms with E-state index in [4.69, 9.17) is 4.74 Å². The molecular formula is C15H23N5O3S. The van der Waals surface area contributed by atoms with Crippen molar-refractivity contribution in [2.24, 2.45) is 0 Å². The maximum Gasteiger partial charge on any atom is 0.409 e. The van der Waals surface area contributed by atoms with Gasteiger partial charge in [0.05, 0.1) is 12.4 Å². The number of aryl methyl sites for hydroxylation is 1. The van der Waals surface area contributed by atoms with Crippen LogP contribution in [0.2, 0.25) is 0 Å². The van der Waals surface area contributed by atoms with Crippen LogP contribution in [0, 0.1) is 6.92 Å². The van der Waals surface area contributed by atoms with E-state index in [2.05, 4.69) is 14.8 Å². The molecule has 1 aromatic heterocycles. The van der Waals surface area contributed by atoms with Crippen molar-refractivity contribution in [1.29, 1.82) is 0 Å². The minimum absolute atomic E-state index is 0.0755. The van der Waals surface area contributed by atoms with Gasteiger partial charge in [-0.2, -0.15) is 0 Å². The zero-order chi connectivity index (χ0) is 17.1. The molecular weight excluding hydrogens is 330 g/mol. The van der Waals surface area contributed by atoms with E-state index in [1.54, 1.807) is 16.7 Å². The lowest BCUT2D eigenvalue weighted by Gasteiger charge is -2.34. The van der Waals surface area contributed by atoms with Crippen LogP contribution in [0.4, 0.5) is 4.79 Å². The molecule has 1 saturated carbocycles. The quantitative estimate of drug-likeness (QED) is 0.743. The highest BCUT2D eigenvalue weighted by Gasteiger charge is 2.29. The Hall–Kier alpha value is -1.77. The van der Waals surface area contributed by atoms with Gasteiger partial charge in [-0.15, -0.1) is 10.2 Å². The molecule has 1 saturated heterocycles. The average Bonchev–Trinajstić information content (AvgIpc) is 3.36. The first-order valence-corrected chi connectivity index (χ1v) is 9.32. The van der Waals surface area contributed by atoms with Gasteiger partial charge in [0.15, 0.2) is 5.16 Å². The zero-order valence-corrected chi connectivity index (χ0v) is 14.9. The van der Waals surface area contributed by atoms with Crippen LogP contribution < -0.4 is 0 Å². The molecule has 2 amide bonds. The summed E-state index contributed by atoms with van der Waals surface area (Å²) in [6.07, 6.45) is 2.03. The van der Waals surface area contributed by atoms with Crippen LogP contribution in [0.15, 0.2) is 5.16 Å². The maximum atomic E-state index is 12.4. The lowest BCUT2D eigenvalue weighted by atomic mass is 10.3. The number of aromatic nitrogens is 3. The molecule has 3 rings (SSSR count). The number of ether oxygens (including phenoxy) is 1. The molecule has 0 aromatic carbocycles. The Morgan fingerprint density at radius 1 is 1.17 bits per heavy atom. The Kier molecular flexibility index (Phi) is 5.27. The molecule has 0 bridgehead atoms. The maximum absolute atomic E-state index is 12.4. The number of thioether (sulfide) groups is 1. The van der Waals surface area contributed by atoms with Crippen LogP contribution in [-0.4, -0.2) is 75.1 Å². The number of amides is 2. The van der Waals surface area contributed by atoms with Crippen LogP contribution in [0.25, 0.3) is 0 Å². The van der Waals surface area contributed by atoms with Crippen molar-refractivity contribution in [3.63, 3.8) is 0 Å². The molecule has 9 heteroatoms. The first kappa shape index (κ1) is 17.1. The van der Waals surface area contributed by atoms with Crippen molar-refractivity contribution in [2.75, 3.05) is 38.5 Å². The Labute approximate surface area is 145 Å². The number of hydrogen-bond donors (Lipinski definition) is 0. The summed E-state index contributed by atoms with van der Waals surface area (Å²) in [5, 5.41) is 9.14. The third-order valence-electron chi connectivity index (χ3n) is 4.23. The topological polar surface area (TPSA) is 80.6 Å². The van der Waals surface area contributed by atoms with E-state index in [-0.39, 0.29) is 12.0 Å². The van der Waals surface area contributed by atoms with Gasteiger partial charge in [0.25, 0.3) is 0 Å².